The lowest BCUT2D eigenvalue weighted by molar-refractivity contribution is 0.104. The SMILES string of the molecule is C=CCOc1ccc(/C=C/C(=O)c2ccc(S(=O)(=O)N(C)C)cc2)cc1OC. The molecular formula is C21H23NO5S. The second-order valence-electron chi connectivity index (χ2n) is 6.02. The van der Waals surface area contributed by atoms with Crippen molar-refractivity contribution in [2.45, 2.75) is 4.90 Å². The number of hydrogen-bond donors (Lipinski definition) is 0. The predicted molar refractivity (Wildman–Crippen MR) is 109 cm³/mol. The summed E-state index contributed by atoms with van der Waals surface area (Å²) in [5.74, 6) is 0.901. The summed E-state index contributed by atoms with van der Waals surface area (Å²) in [6.45, 7) is 3.97. The van der Waals surface area contributed by atoms with E-state index in [0.717, 1.165) is 9.87 Å². The van der Waals surface area contributed by atoms with Crippen LogP contribution in [-0.4, -0.2) is 46.3 Å². The van der Waals surface area contributed by atoms with Gasteiger partial charge >= 0.3 is 0 Å². The minimum atomic E-state index is -3.52. The molecule has 0 aliphatic heterocycles. The fraction of sp³-hybridized carbons (Fsp3) is 0.190. The van der Waals surface area contributed by atoms with Crippen LogP contribution in [0.4, 0.5) is 0 Å². The van der Waals surface area contributed by atoms with Crippen LogP contribution in [0.1, 0.15) is 15.9 Å². The van der Waals surface area contributed by atoms with Crippen LogP contribution in [0.3, 0.4) is 0 Å². The van der Waals surface area contributed by atoms with Crippen molar-refractivity contribution < 1.29 is 22.7 Å². The van der Waals surface area contributed by atoms with Gasteiger partial charge in [-0.1, -0.05) is 24.8 Å². The highest BCUT2D eigenvalue weighted by Gasteiger charge is 2.17. The largest absolute Gasteiger partial charge is 0.493 e. The molecule has 0 unspecified atom stereocenters. The highest BCUT2D eigenvalue weighted by molar-refractivity contribution is 7.89. The second-order valence-corrected chi connectivity index (χ2v) is 8.17. The second kappa shape index (κ2) is 9.34. The monoisotopic (exact) mass is 401 g/mol. The molecule has 0 saturated carbocycles. The minimum absolute atomic E-state index is 0.137. The maximum absolute atomic E-state index is 12.4. The molecule has 0 aliphatic carbocycles. The third kappa shape index (κ3) is 5.09. The van der Waals surface area contributed by atoms with Crippen molar-refractivity contribution in [2.75, 3.05) is 27.8 Å². The van der Waals surface area contributed by atoms with E-state index in [2.05, 4.69) is 6.58 Å². The van der Waals surface area contributed by atoms with Gasteiger partial charge in [-0.15, -0.1) is 0 Å². The van der Waals surface area contributed by atoms with E-state index >= 15 is 0 Å². The summed E-state index contributed by atoms with van der Waals surface area (Å²) in [6.07, 6.45) is 4.72. The van der Waals surface area contributed by atoms with E-state index in [0.29, 0.717) is 23.7 Å². The van der Waals surface area contributed by atoms with Crippen molar-refractivity contribution in [3.05, 3.63) is 72.3 Å². The molecule has 2 aromatic carbocycles. The standard InChI is InChI=1S/C21H23NO5S/c1-5-14-27-20-13-7-16(15-21(20)26-4)6-12-19(23)17-8-10-18(11-9-17)28(24,25)22(2)3/h5-13,15H,1,14H2,2-4H3/b12-6+. The smallest absolute Gasteiger partial charge is 0.242 e. The third-order valence-corrected chi connectivity index (χ3v) is 5.72. The van der Waals surface area contributed by atoms with Gasteiger partial charge in [0.2, 0.25) is 10.0 Å². The van der Waals surface area contributed by atoms with Gasteiger partial charge in [-0.2, -0.15) is 0 Å². The maximum Gasteiger partial charge on any atom is 0.242 e. The van der Waals surface area contributed by atoms with Gasteiger partial charge in [0.1, 0.15) is 6.61 Å². The minimum Gasteiger partial charge on any atom is -0.493 e. The van der Waals surface area contributed by atoms with Crippen LogP contribution in [0, 0.1) is 0 Å². The molecule has 0 heterocycles. The Bertz CT molecular complexity index is 976. The molecule has 28 heavy (non-hydrogen) atoms. The fourth-order valence-electron chi connectivity index (χ4n) is 2.33. The molecule has 6 nitrogen and oxygen atoms in total. The number of carbonyl (C=O) groups is 1. The first-order chi connectivity index (χ1) is 13.3. The molecule has 0 saturated heterocycles. The molecule has 148 valence electrons. The van der Waals surface area contributed by atoms with Crippen molar-refractivity contribution in [3.8, 4) is 11.5 Å². The van der Waals surface area contributed by atoms with E-state index < -0.39 is 10.0 Å². The first-order valence-corrected chi connectivity index (χ1v) is 9.90. The van der Waals surface area contributed by atoms with Crippen LogP contribution < -0.4 is 9.47 Å². The molecule has 0 atom stereocenters. The molecular weight excluding hydrogens is 378 g/mol. The van der Waals surface area contributed by atoms with Crippen LogP contribution >= 0.6 is 0 Å². The van der Waals surface area contributed by atoms with Gasteiger partial charge in [-0.05, 0) is 48.0 Å². The topological polar surface area (TPSA) is 72.9 Å². The molecule has 0 radical (unpaired) electrons. The van der Waals surface area contributed by atoms with Crippen molar-refractivity contribution in [2.24, 2.45) is 0 Å². The van der Waals surface area contributed by atoms with E-state index in [1.165, 1.54) is 51.5 Å². The first-order valence-electron chi connectivity index (χ1n) is 8.46. The lowest BCUT2D eigenvalue weighted by atomic mass is 10.1. The highest BCUT2D eigenvalue weighted by Crippen LogP contribution is 2.28. The van der Waals surface area contributed by atoms with Gasteiger partial charge < -0.3 is 9.47 Å². The maximum atomic E-state index is 12.4. The Balaban J connectivity index is 2.16. The number of methoxy groups -OCH3 is 1. The zero-order valence-electron chi connectivity index (χ0n) is 16.1. The van der Waals surface area contributed by atoms with E-state index in [9.17, 15) is 13.2 Å². The number of allylic oxidation sites excluding steroid dienone is 1. The summed E-state index contributed by atoms with van der Waals surface area (Å²) in [6, 6.07) is 11.2. The lowest BCUT2D eigenvalue weighted by Crippen LogP contribution is -2.22. The molecule has 0 N–H and O–H groups in total. The van der Waals surface area contributed by atoms with Gasteiger partial charge in [0.05, 0.1) is 12.0 Å². The number of rotatable bonds is 9. The molecule has 0 bridgehead atoms. The summed E-state index contributed by atoms with van der Waals surface area (Å²) in [5, 5.41) is 0. The first kappa shape index (κ1) is 21.4. The molecule has 0 aliphatic rings. The summed E-state index contributed by atoms with van der Waals surface area (Å²) in [4.78, 5) is 12.5. The number of ether oxygens (including phenoxy) is 2. The van der Waals surface area contributed by atoms with Gasteiger partial charge in [-0.25, -0.2) is 12.7 Å². The van der Waals surface area contributed by atoms with Crippen molar-refractivity contribution in [3.63, 3.8) is 0 Å². The third-order valence-electron chi connectivity index (χ3n) is 3.89. The Labute approximate surface area is 165 Å². The van der Waals surface area contributed by atoms with Gasteiger partial charge in [-0.3, -0.25) is 4.79 Å². The van der Waals surface area contributed by atoms with Crippen LogP contribution in [0.15, 0.2) is 66.1 Å². The van der Waals surface area contributed by atoms with Crippen molar-refractivity contribution in [1.29, 1.82) is 0 Å². The number of carbonyl (C=O) groups excluding carboxylic acids is 1. The summed E-state index contributed by atoms with van der Waals surface area (Å²) in [7, 11) is 0.934. The van der Waals surface area contributed by atoms with Crippen LogP contribution in [0.25, 0.3) is 6.08 Å². The Morgan fingerprint density at radius 3 is 2.36 bits per heavy atom. The predicted octanol–water partition coefficient (Wildman–Crippen LogP) is 3.41. The zero-order valence-corrected chi connectivity index (χ0v) is 16.9. The molecule has 0 aromatic heterocycles. The number of sulfonamides is 1. The van der Waals surface area contributed by atoms with E-state index in [4.69, 9.17) is 9.47 Å². The van der Waals surface area contributed by atoms with Crippen LogP contribution in [0.2, 0.25) is 0 Å². The molecule has 0 spiro atoms. The Hall–Kier alpha value is -2.90. The molecule has 0 fully saturated rings. The van der Waals surface area contributed by atoms with E-state index in [-0.39, 0.29) is 10.7 Å². The van der Waals surface area contributed by atoms with Crippen molar-refractivity contribution >= 4 is 21.9 Å². The van der Waals surface area contributed by atoms with E-state index in [1.807, 2.05) is 0 Å². The number of nitrogens with zero attached hydrogens (tertiary/aromatic N) is 1. The lowest BCUT2D eigenvalue weighted by Gasteiger charge is -2.11. The number of hydrogen-bond acceptors (Lipinski definition) is 5. The van der Waals surface area contributed by atoms with E-state index in [1.54, 1.807) is 30.4 Å². The normalized spacial score (nSPS) is 11.6. The Morgan fingerprint density at radius 2 is 1.79 bits per heavy atom. The molecule has 0 amide bonds. The van der Waals surface area contributed by atoms with Crippen LogP contribution in [-0.2, 0) is 10.0 Å². The fourth-order valence-corrected chi connectivity index (χ4v) is 3.23. The van der Waals surface area contributed by atoms with Gasteiger partial charge in [0, 0.05) is 19.7 Å². The summed E-state index contributed by atoms with van der Waals surface area (Å²) in [5.41, 5.74) is 1.16. The average Bonchev–Trinajstić information content (AvgIpc) is 2.70. The highest BCUT2D eigenvalue weighted by atomic mass is 32.2. The molecule has 2 rings (SSSR count). The average molecular weight is 401 g/mol. The summed E-state index contributed by atoms with van der Waals surface area (Å²) >= 11 is 0. The Morgan fingerprint density at radius 1 is 1.11 bits per heavy atom. The zero-order chi connectivity index (χ0) is 20.7. The van der Waals surface area contributed by atoms with Crippen LogP contribution in [0.5, 0.6) is 11.5 Å². The Kier molecular flexibility index (Phi) is 7.14. The number of benzene rings is 2. The van der Waals surface area contributed by atoms with Gasteiger partial charge in [0.25, 0.3) is 0 Å². The molecule has 7 heteroatoms. The quantitative estimate of drug-likeness (QED) is 0.366. The number of ketones is 1. The van der Waals surface area contributed by atoms with Gasteiger partial charge in [0.15, 0.2) is 17.3 Å². The summed E-state index contributed by atoms with van der Waals surface area (Å²) < 4.78 is 36.1. The van der Waals surface area contributed by atoms with Crippen molar-refractivity contribution in [1.82, 2.24) is 4.31 Å². The molecule has 2 aromatic rings.